The van der Waals surface area contributed by atoms with Crippen LogP contribution in [0.25, 0.3) is 0 Å². The molecule has 0 spiro atoms. The topological polar surface area (TPSA) is 25.4 Å². The van der Waals surface area contributed by atoms with Crippen LogP contribution in [0.5, 0.6) is 5.88 Å². The van der Waals surface area contributed by atoms with Gasteiger partial charge in [0.1, 0.15) is 6.61 Å². The summed E-state index contributed by atoms with van der Waals surface area (Å²) >= 11 is 0. The molecule has 22 heavy (non-hydrogen) atoms. The van der Waals surface area contributed by atoms with E-state index in [1.54, 1.807) is 0 Å². The summed E-state index contributed by atoms with van der Waals surface area (Å²) in [7, 11) is 0. The fourth-order valence-corrected chi connectivity index (χ4v) is 3.24. The van der Waals surface area contributed by atoms with Crippen molar-refractivity contribution < 1.29 is 4.74 Å². The zero-order chi connectivity index (χ0) is 15.2. The van der Waals surface area contributed by atoms with Gasteiger partial charge in [-0.05, 0) is 44.0 Å². The fraction of sp³-hybridized carbons (Fsp3) is 0.421. The molecule has 1 fully saturated rings. The second-order valence-electron chi connectivity index (χ2n) is 5.87. The molecule has 0 amide bonds. The quantitative estimate of drug-likeness (QED) is 0.798. The monoisotopic (exact) mass is 296 g/mol. The van der Waals surface area contributed by atoms with Crippen LogP contribution in [0.4, 0.5) is 0 Å². The van der Waals surface area contributed by atoms with Crippen LogP contribution in [0.1, 0.15) is 43.4 Å². The van der Waals surface area contributed by atoms with Gasteiger partial charge in [0, 0.05) is 17.8 Å². The Morgan fingerprint density at radius 1 is 1.18 bits per heavy atom. The first-order chi connectivity index (χ1) is 10.9. The fourth-order valence-electron chi connectivity index (χ4n) is 3.24. The van der Waals surface area contributed by atoms with E-state index in [0.29, 0.717) is 12.6 Å². The summed E-state index contributed by atoms with van der Waals surface area (Å²) in [6.45, 7) is 5.15. The Morgan fingerprint density at radius 3 is 2.86 bits per heavy atom. The third-order valence-electron chi connectivity index (χ3n) is 4.25. The first-order valence-corrected chi connectivity index (χ1v) is 8.24. The van der Waals surface area contributed by atoms with Crippen molar-refractivity contribution >= 4 is 0 Å². The predicted molar refractivity (Wildman–Crippen MR) is 88.9 cm³/mol. The lowest BCUT2D eigenvalue weighted by Crippen LogP contribution is -2.24. The summed E-state index contributed by atoms with van der Waals surface area (Å²) in [5.41, 5.74) is 2.42. The van der Waals surface area contributed by atoms with E-state index in [0.717, 1.165) is 12.4 Å². The van der Waals surface area contributed by atoms with Crippen LogP contribution in [-0.4, -0.2) is 23.0 Å². The average Bonchev–Trinajstić information content (AvgIpc) is 3.03. The van der Waals surface area contributed by atoms with Gasteiger partial charge in [0.2, 0.25) is 5.88 Å². The molecule has 3 heteroatoms. The van der Waals surface area contributed by atoms with Crippen molar-refractivity contribution in [2.24, 2.45) is 0 Å². The molecule has 0 N–H and O–H groups in total. The van der Waals surface area contributed by atoms with Crippen molar-refractivity contribution in [3.8, 4) is 5.88 Å². The largest absolute Gasteiger partial charge is 0.473 e. The molecule has 3 nitrogen and oxygen atoms in total. The summed E-state index contributed by atoms with van der Waals surface area (Å²) in [6, 6.07) is 14.9. The van der Waals surface area contributed by atoms with Gasteiger partial charge in [0.15, 0.2) is 0 Å². The lowest BCUT2D eigenvalue weighted by atomic mass is 10.1. The molecular weight excluding hydrogens is 272 g/mol. The van der Waals surface area contributed by atoms with Gasteiger partial charge in [-0.2, -0.15) is 0 Å². The van der Waals surface area contributed by atoms with Gasteiger partial charge in [-0.3, -0.25) is 4.90 Å². The second-order valence-corrected chi connectivity index (χ2v) is 5.87. The van der Waals surface area contributed by atoms with E-state index < -0.39 is 0 Å². The van der Waals surface area contributed by atoms with Crippen molar-refractivity contribution in [2.45, 2.75) is 38.8 Å². The standard InChI is InChI=1S/C19H24N2O/c1-2-13-21-14-7-11-18(21)17-10-6-12-20-19(17)22-15-16-8-4-3-5-9-16/h3-6,8-10,12,18H,2,7,11,13-15H2,1H3/t18-/m0/s1. The van der Waals surface area contributed by atoms with Crippen LogP contribution in [0.2, 0.25) is 0 Å². The van der Waals surface area contributed by atoms with Gasteiger partial charge >= 0.3 is 0 Å². The highest BCUT2D eigenvalue weighted by molar-refractivity contribution is 5.30. The molecule has 0 unspecified atom stereocenters. The molecule has 1 aromatic heterocycles. The highest BCUT2D eigenvalue weighted by atomic mass is 16.5. The maximum absolute atomic E-state index is 6.02. The molecular formula is C19H24N2O. The molecule has 0 radical (unpaired) electrons. The zero-order valence-corrected chi connectivity index (χ0v) is 13.2. The maximum Gasteiger partial charge on any atom is 0.218 e. The number of ether oxygens (including phenoxy) is 1. The van der Waals surface area contributed by atoms with Gasteiger partial charge < -0.3 is 4.74 Å². The Morgan fingerprint density at radius 2 is 2.05 bits per heavy atom. The predicted octanol–water partition coefficient (Wildman–Crippen LogP) is 4.21. The lowest BCUT2D eigenvalue weighted by Gasteiger charge is -2.25. The third-order valence-corrected chi connectivity index (χ3v) is 4.25. The molecule has 1 aliphatic heterocycles. The Labute approximate surface area is 132 Å². The summed E-state index contributed by atoms with van der Waals surface area (Å²) < 4.78 is 6.02. The highest BCUT2D eigenvalue weighted by Crippen LogP contribution is 2.36. The van der Waals surface area contributed by atoms with E-state index >= 15 is 0 Å². The number of likely N-dealkylation sites (tertiary alicyclic amines) is 1. The number of nitrogens with zero attached hydrogens (tertiary/aromatic N) is 2. The van der Waals surface area contributed by atoms with Crippen molar-refractivity contribution in [1.82, 2.24) is 9.88 Å². The van der Waals surface area contributed by atoms with Gasteiger partial charge in [0.25, 0.3) is 0 Å². The Hall–Kier alpha value is -1.87. The molecule has 116 valence electrons. The smallest absolute Gasteiger partial charge is 0.218 e. The molecule has 1 aromatic carbocycles. The molecule has 2 aromatic rings. The minimum atomic E-state index is 0.458. The van der Waals surface area contributed by atoms with Crippen LogP contribution in [0.3, 0.4) is 0 Å². The Balaban J connectivity index is 1.75. The van der Waals surface area contributed by atoms with Crippen molar-refractivity contribution in [3.63, 3.8) is 0 Å². The average molecular weight is 296 g/mol. The van der Waals surface area contributed by atoms with E-state index in [-0.39, 0.29) is 0 Å². The Kier molecular flexibility index (Phi) is 5.07. The van der Waals surface area contributed by atoms with Crippen molar-refractivity contribution in [1.29, 1.82) is 0 Å². The molecule has 1 aliphatic rings. The van der Waals surface area contributed by atoms with E-state index in [9.17, 15) is 0 Å². The Bertz CT molecular complexity index is 585. The van der Waals surface area contributed by atoms with Gasteiger partial charge in [-0.25, -0.2) is 4.98 Å². The summed E-state index contributed by atoms with van der Waals surface area (Å²) in [5, 5.41) is 0. The van der Waals surface area contributed by atoms with Crippen LogP contribution < -0.4 is 4.74 Å². The van der Waals surface area contributed by atoms with Gasteiger partial charge in [-0.1, -0.05) is 43.3 Å². The molecule has 2 heterocycles. The van der Waals surface area contributed by atoms with Crippen molar-refractivity contribution in [3.05, 3.63) is 59.8 Å². The second kappa shape index (κ2) is 7.41. The van der Waals surface area contributed by atoms with E-state index in [1.165, 1.54) is 36.9 Å². The molecule has 0 saturated carbocycles. The number of benzene rings is 1. The number of aromatic nitrogens is 1. The molecule has 0 aliphatic carbocycles. The van der Waals surface area contributed by atoms with Gasteiger partial charge in [0.05, 0.1) is 0 Å². The summed E-state index contributed by atoms with van der Waals surface area (Å²) in [4.78, 5) is 7.05. The first kappa shape index (κ1) is 15.0. The maximum atomic E-state index is 6.02. The minimum absolute atomic E-state index is 0.458. The third kappa shape index (κ3) is 3.47. The number of rotatable bonds is 6. The molecule has 0 bridgehead atoms. The lowest BCUT2D eigenvalue weighted by molar-refractivity contribution is 0.239. The highest BCUT2D eigenvalue weighted by Gasteiger charge is 2.28. The van der Waals surface area contributed by atoms with Gasteiger partial charge in [-0.15, -0.1) is 0 Å². The molecule has 3 rings (SSSR count). The summed E-state index contributed by atoms with van der Waals surface area (Å²) in [6.07, 6.45) is 5.48. The molecule has 1 saturated heterocycles. The van der Waals surface area contributed by atoms with E-state index in [4.69, 9.17) is 4.74 Å². The van der Waals surface area contributed by atoms with Crippen LogP contribution in [0, 0.1) is 0 Å². The van der Waals surface area contributed by atoms with Crippen LogP contribution >= 0.6 is 0 Å². The zero-order valence-electron chi connectivity index (χ0n) is 13.2. The number of hydrogen-bond donors (Lipinski definition) is 0. The van der Waals surface area contributed by atoms with E-state index in [1.807, 2.05) is 30.5 Å². The van der Waals surface area contributed by atoms with E-state index in [2.05, 4.69) is 35.0 Å². The first-order valence-electron chi connectivity index (χ1n) is 8.24. The molecule has 1 atom stereocenters. The SMILES string of the molecule is CCCN1CCC[C@H]1c1cccnc1OCc1ccccc1. The number of pyridine rings is 1. The van der Waals surface area contributed by atoms with Crippen LogP contribution in [0.15, 0.2) is 48.7 Å². The minimum Gasteiger partial charge on any atom is -0.473 e. The normalized spacial score (nSPS) is 18.5. The summed E-state index contributed by atoms with van der Waals surface area (Å²) in [5.74, 6) is 0.791. The van der Waals surface area contributed by atoms with Crippen molar-refractivity contribution in [2.75, 3.05) is 13.1 Å². The van der Waals surface area contributed by atoms with Crippen LogP contribution in [-0.2, 0) is 6.61 Å². The number of hydrogen-bond acceptors (Lipinski definition) is 3.